The van der Waals surface area contributed by atoms with Crippen molar-refractivity contribution in [3.05, 3.63) is 18.1 Å². The monoisotopic (exact) mass is 251 g/mol. The van der Waals surface area contributed by atoms with Gasteiger partial charge in [-0.15, -0.1) is 0 Å². The van der Waals surface area contributed by atoms with E-state index in [4.69, 9.17) is 5.11 Å². The van der Waals surface area contributed by atoms with Crippen LogP contribution in [0.25, 0.3) is 0 Å². The molecule has 0 bridgehead atoms. The summed E-state index contributed by atoms with van der Waals surface area (Å²) >= 11 is 0. The van der Waals surface area contributed by atoms with Crippen LogP contribution in [0.2, 0.25) is 0 Å². The average Bonchev–Trinajstić information content (AvgIpc) is 2.75. The Morgan fingerprint density at radius 2 is 2.22 bits per heavy atom. The molecule has 0 aliphatic heterocycles. The number of aromatic nitrogens is 2. The van der Waals surface area contributed by atoms with Crippen LogP contribution in [0.5, 0.6) is 0 Å². The molecule has 0 amide bonds. The second kappa shape index (κ2) is 5.30. The van der Waals surface area contributed by atoms with Gasteiger partial charge in [-0.25, -0.2) is 14.8 Å². The van der Waals surface area contributed by atoms with Gasteiger partial charge in [0.25, 0.3) is 0 Å². The van der Waals surface area contributed by atoms with E-state index in [2.05, 4.69) is 9.97 Å². The van der Waals surface area contributed by atoms with Crippen LogP contribution >= 0.6 is 0 Å². The van der Waals surface area contributed by atoms with Crippen LogP contribution in [-0.4, -0.2) is 45.8 Å². The van der Waals surface area contributed by atoms with Gasteiger partial charge in [0.15, 0.2) is 5.69 Å². The molecule has 0 saturated heterocycles. The Balaban J connectivity index is 2.00. The van der Waals surface area contributed by atoms with Gasteiger partial charge in [-0.05, 0) is 12.8 Å². The fourth-order valence-corrected chi connectivity index (χ4v) is 2.30. The highest BCUT2D eigenvalue weighted by Gasteiger charge is 2.26. The van der Waals surface area contributed by atoms with E-state index in [9.17, 15) is 9.90 Å². The Morgan fingerprint density at radius 3 is 2.72 bits per heavy atom. The van der Waals surface area contributed by atoms with Crippen molar-refractivity contribution < 1.29 is 15.0 Å². The van der Waals surface area contributed by atoms with Crippen molar-refractivity contribution in [3.8, 4) is 0 Å². The van der Waals surface area contributed by atoms with Crippen LogP contribution in [0.15, 0.2) is 12.4 Å². The normalized spacial score (nSPS) is 23.0. The van der Waals surface area contributed by atoms with Crippen LogP contribution in [0.4, 0.5) is 5.82 Å². The van der Waals surface area contributed by atoms with E-state index in [-0.39, 0.29) is 17.7 Å². The molecule has 2 atom stereocenters. The number of carboxylic acid groups (broad SMARTS) is 1. The molecule has 0 aromatic carbocycles. The van der Waals surface area contributed by atoms with Gasteiger partial charge >= 0.3 is 5.97 Å². The van der Waals surface area contributed by atoms with Gasteiger partial charge in [0.1, 0.15) is 5.82 Å². The molecule has 1 aromatic heterocycles. The number of hydrogen-bond donors (Lipinski definition) is 2. The average molecular weight is 251 g/mol. The molecule has 1 heterocycles. The maximum absolute atomic E-state index is 10.7. The lowest BCUT2D eigenvalue weighted by molar-refractivity contribution is 0.0690. The van der Waals surface area contributed by atoms with Gasteiger partial charge < -0.3 is 15.1 Å². The van der Waals surface area contributed by atoms with Gasteiger partial charge in [-0.3, -0.25) is 0 Å². The van der Waals surface area contributed by atoms with Gasteiger partial charge in [0.2, 0.25) is 0 Å². The minimum Gasteiger partial charge on any atom is -0.476 e. The van der Waals surface area contributed by atoms with Gasteiger partial charge in [0, 0.05) is 19.5 Å². The first-order valence-corrected chi connectivity index (χ1v) is 6.02. The van der Waals surface area contributed by atoms with Crippen molar-refractivity contribution >= 4 is 11.8 Å². The maximum atomic E-state index is 10.7. The smallest absolute Gasteiger partial charge is 0.356 e. The predicted octanol–water partition coefficient (Wildman–Crippen LogP) is 0.772. The first-order valence-electron chi connectivity index (χ1n) is 6.02. The highest BCUT2D eigenvalue weighted by atomic mass is 16.4. The molecule has 1 saturated carbocycles. The largest absolute Gasteiger partial charge is 0.476 e. The summed E-state index contributed by atoms with van der Waals surface area (Å²) in [5.41, 5.74) is -0.0620. The Bertz CT molecular complexity index is 421. The van der Waals surface area contributed by atoms with Crippen LogP contribution in [0.1, 0.15) is 29.8 Å². The predicted molar refractivity (Wildman–Crippen MR) is 65.6 cm³/mol. The molecule has 6 nitrogen and oxygen atoms in total. The molecule has 1 aliphatic carbocycles. The lowest BCUT2D eigenvalue weighted by atomic mass is 10.1. The lowest BCUT2D eigenvalue weighted by Gasteiger charge is -2.23. The number of carboxylic acids is 1. The highest BCUT2D eigenvalue weighted by Crippen LogP contribution is 2.26. The molecule has 2 rings (SSSR count). The minimum atomic E-state index is -1.08. The van der Waals surface area contributed by atoms with E-state index in [1.54, 1.807) is 0 Å². The van der Waals surface area contributed by atoms with Gasteiger partial charge in [0.05, 0.1) is 18.5 Å². The SMILES string of the molecule is CN(CC1CCCC1O)c1cnc(C(=O)O)cn1. The molecule has 6 heteroatoms. The zero-order valence-corrected chi connectivity index (χ0v) is 10.3. The van der Waals surface area contributed by atoms with Crippen LogP contribution in [-0.2, 0) is 0 Å². The van der Waals surface area contributed by atoms with Crippen molar-refractivity contribution in [1.82, 2.24) is 9.97 Å². The number of aliphatic hydroxyl groups excluding tert-OH is 1. The zero-order chi connectivity index (χ0) is 13.1. The van der Waals surface area contributed by atoms with E-state index in [0.717, 1.165) is 19.3 Å². The Labute approximate surface area is 105 Å². The lowest BCUT2D eigenvalue weighted by Crippen LogP contribution is -2.30. The van der Waals surface area contributed by atoms with E-state index < -0.39 is 5.97 Å². The summed E-state index contributed by atoms with van der Waals surface area (Å²) in [6.07, 6.45) is 5.40. The second-order valence-corrected chi connectivity index (χ2v) is 4.70. The van der Waals surface area contributed by atoms with Crippen molar-refractivity contribution in [2.45, 2.75) is 25.4 Å². The van der Waals surface area contributed by atoms with Crippen LogP contribution in [0.3, 0.4) is 0 Å². The molecular formula is C12H17N3O3. The molecule has 2 unspecified atom stereocenters. The Morgan fingerprint density at radius 1 is 1.44 bits per heavy atom. The first kappa shape index (κ1) is 12.8. The summed E-state index contributed by atoms with van der Waals surface area (Å²) in [6.45, 7) is 0.711. The van der Waals surface area contributed by atoms with Crippen molar-refractivity contribution in [1.29, 1.82) is 0 Å². The minimum absolute atomic E-state index is 0.0620. The number of aromatic carboxylic acids is 1. The number of hydrogen-bond acceptors (Lipinski definition) is 5. The zero-order valence-electron chi connectivity index (χ0n) is 10.3. The van der Waals surface area contributed by atoms with Crippen molar-refractivity contribution in [3.63, 3.8) is 0 Å². The summed E-state index contributed by atoms with van der Waals surface area (Å²) in [5.74, 6) is -0.196. The number of carbonyl (C=O) groups is 1. The molecule has 1 aliphatic rings. The van der Waals surface area contributed by atoms with Crippen molar-refractivity contribution in [2.24, 2.45) is 5.92 Å². The molecule has 1 fully saturated rings. The molecule has 0 radical (unpaired) electrons. The molecule has 2 N–H and O–H groups in total. The van der Waals surface area contributed by atoms with Crippen molar-refractivity contribution in [2.75, 3.05) is 18.5 Å². The molecular weight excluding hydrogens is 234 g/mol. The number of rotatable bonds is 4. The highest BCUT2D eigenvalue weighted by molar-refractivity contribution is 5.84. The van der Waals surface area contributed by atoms with E-state index in [0.29, 0.717) is 12.4 Å². The number of anilines is 1. The number of aliphatic hydroxyl groups is 1. The fourth-order valence-electron chi connectivity index (χ4n) is 2.30. The first-order chi connectivity index (χ1) is 8.58. The summed E-state index contributed by atoms with van der Waals surface area (Å²) in [6, 6.07) is 0. The summed E-state index contributed by atoms with van der Waals surface area (Å²) in [7, 11) is 1.87. The third kappa shape index (κ3) is 2.76. The third-order valence-electron chi connectivity index (χ3n) is 3.38. The summed E-state index contributed by atoms with van der Waals surface area (Å²) in [4.78, 5) is 20.4. The molecule has 18 heavy (non-hydrogen) atoms. The topological polar surface area (TPSA) is 86.5 Å². The quantitative estimate of drug-likeness (QED) is 0.822. The summed E-state index contributed by atoms with van der Waals surface area (Å²) in [5, 5.41) is 18.5. The molecule has 0 spiro atoms. The number of nitrogens with zero attached hydrogens (tertiary/aromatic N) is 3. The summed E-state index contributed by atoms with van der Waals surface area (Å²) < 4.78 is 0. The standard InChI is InChI=1S/C12H17N3O3/c1-15(7-8-3-2-4-10(8)16)11-6-13-9(5-14-11)12(17)18/h5-6,8,10,16H,2-4,7H2,1H3,(H,17,18). The molecule has 1 aromatic rings. The van der Waals surface area contributed by atoms with Gasteiger partial charge in [-0.1, -0.05) is 6.42 Å². The second-order valence-electron chi connectivity index (χ2n) is 4.70. The maximum Gasteiger partial charge on any atom is 0.356 e. The van der Waals surface area contributed by atoms with E-state index in [1.807, 2.05) is 11.9 Å². The Hall–Kier alpha value is -1.69. The Kier molecular flexibility index (Phi) is 3.76. The van der Waals surface area contributed by atoms with Gasteiger partial charge in [-0.2, -0.15) is 0 Å². The van der Waals surface area contributed by atoms with E-state index >= 15 is 0 Å². The van der Waals surface area contributed by atoms with Crippen LogP contribution < -0.4 is 4.90 Å². The molecule has 98 valence electrons. The van der Waals surface area contributed by atoms with E-state index in [1.165, 1.54) is 12.4 Å². The van der Waals surface area contributed by atoms with Crippen LogP contribution in [0, 0.1) is 5.92 Å². The third-order valence-corrected chi connectivity index (χ3v) is 3.38. The fraction of sp³-hybridized carbons (Fsp3) is 0.583.